The standard InChI is InChI=1S/C19H17BrN4O4S/c1-14-18(20)10-16(28-14)12-22-23-19(25)13-24(15-6-5-9-21-11-15)29(26,27)17-7-3-2-4-8-17/h2-12H,13H2,1H3,(H,23,25)/b22-12-. The lowest BCUT2D eigenvalue weighted by Gasteiger charge is -2.23. The van der Waals surface area contributed by atoms with E-state index in [9.17, 15) is 13.2 Å². The van der Waals surface area contributed by atoms with E-state index in [1.807, 2.05) is 0 Å². The second kappa shape index (κ2) is 9.01. The van der Waals surface area contributed by atoms with E-state index in [1.54, 1.807) is 43.3 Å². The summed E-state index contributed by atoms with van der Waals surface area (Å²) >= 11 is 3.32. The van der Waals surface area contributed by atoms with E-state index < -0.39 is 22.5 Å². The van der Waals surface area contributed by atoms with Crippen LogP contribution in [0.15, 0.2) is 79.8 Å². The maximum absolute atomic E-state index is 13.1. The normalized spacial score (nSPS) is 11.5. The SMILES string of the molecule is Cc1oc(/C=N\NC(=O)CN(c2cccnc2)S(=O)(=O)c2ccccc2)cc1Br. The number of amides is 1. The van der Waals surface area contributed by atoms with Gasteiger partial charge in [-0.3, -0.25) is 14.1 Å². The highest BCUT2D eigenvalue weighted by atomic mass is 79.9. The number of nitrogens with zero attached hydrogens (tertiary/aromatic N) is 3. The number of anilines is 1. The lowest BCUT2D eigenvalue weighted by atomic mass is 10.4. The van der Waals surface area contributed by atoms with Crippen LogP contribution in [0.5, 0.6) is 0 Å². The molecular formula is C19H17BrN4O4S. The van der Waals surface area contributed by atoms with Crippen LogP contribution in [0.3, 0.4) is 0 Å². The van der Waals surface area contributed by atoms with Gasteiger partial charge in [-0.15, -0.1) is 0 Å². The summed E-state index contributed by atoms with van der Waals surface area (Å²) in [7, 11) is -3.97. The topological polar surface area (TPSA) is 105 Å². The average molecular weight is 477 g/mol. The van der Waals surface area contributed by atoms with Crippen LogP contribution in [0, 0.1) is 6.92 Å². The largest absolute Gasteiger partial charge is 0.459 e. The summed E-state index contributed by atoms with van der Waals surface area (Å²) in [4.78, 5) is 16.4. The summed E-state index contributed by atoms with van der Waals surface area (Å²) in [6.45, 7) is 1.31. The van der Waals surface area contributed by atoms with Crippen molar-refractivity contribution in [1.82, 2.24) is 10.4 Å². The van der Waals surface area contributed by atoms with Crippen molar-refractivity contribution in [3.63, 3.8) is 0 Å². The Hall–Kier alpha value is -2.98. The highest BCUT2D eigenvalue weighted by Crippen LogP contribution is 2.22. The third kappa shape index (κ3) is 5.09. The number of nitrogens with one attached hydrogen (secondary N) is 1. The molecule has 0 aliphatic carbocycles. The van der Waals surface area contributed by atoms with Gasteiger partial charge in [0.05, 0.1) is 27.5 Å². The second-order valence-corrected chi connectivity index (χ2v) is 8.60. The Bertz CT molecular complexity index is 1100. The number of sulfonamides is 1. The Labute approximate surface area is 176 Å². The molecule has 0 saturated carbocycles. The minimum absolute atomic E-state index is 0.0658. The summed E-state index contributed by atoms with van der Waals surface area (Å²) in [5, 5.41) is 3.82. The fourth-order valence-corrected chi connectivity index (χ4v) is 4.15. The number of benzene rings is 1. The van der Waals surface area contributed by atoms with Crippen molar-refractivity contribution in [2.45, 2.75) is 11.8 Å². The van der Waals surface area contributed by atoms with Gasteiger partial charge in [-0.05, 0) is 47.1 Å². The first-order valence-electron chi connectivity index (χ1n) is 8.43. The van der Waals surface area contributed by atoms with Gasteiger partial charge in [-0.25, -0.2) is 13.8 Å². The summed E-state index contributed by atoms with van der Waals surface area (Å²) in [5.74, 6) is 0.497. The minimum Gasteiger partial charge on any atom is -0.459 e. The van der Waals surface area contributed by atoms with Gasteiger partial charge >= 0.3 is 0 Å². The number of furan rings is 1. The molecule has 3 aromatic rings. The molecule has 0 atom stereocenters. The van der Waals surface area contributed by atoms with Crippen molar-refractivity contribution in [3.8, 4) is 0 Å². The number of aryl methyl sites for hydroxylation is 1. The van der Waals surface area contributed by atoms with Gasteiger partial charge < -0.3 is 4.42 Å². The highest BCUT2D eigenvalue weighted by molar-refractivity contribution is 9.10. The van der Waals surface area contributed by atoms with Crippen LogP contribution in [-0.2, 0) is 14.8 Å². The molecule has 0 fully saturated rings. The summed E-state index contributed by atoms with van der Waals surface area (Å²) < 4.78 is 33.3. The molecule has 29 heavy (non-hydrogen) atoms. The maximum Gasteiger partial charge on any atom is 0.264 e. The summed E-state index contributed by atoms with van der Waals surface area (Å²) in [6.07, 6.45) is 4.22. The number of pyridine rings is 1. The molecule has 2 heterocycles. The number of rotatable bonds is 7. The lowest BCUT2D eigenvalue weighted by molar-refractivity contribution is -0.119. The first kappa shape index (κ1) is 20.7. The van der Waals surface area contributed by atoms with Crippen LogP contribution >= 0.6 is 15.9 Å². The molecule has 1 amide bonds. The van der Waals surface area contributed by atoms with Gasteiger partial charge in [-0.1, -0.05) is 18.2 Å². The maximum atomic E-state index is 13.1. The molecule has 0 spiro atoms. The zero-order chi connectivity index (χ0) is 20.9. The monoisotopic (exact) mass is 476 g/mol. The quantitative estimate of drug-likeness (QED) is 0.416. The van der Waals surface area contributed by atoms with Crippen molar-refractivity contribution < 1.29 is 17.6 Å². The Morgan fingerprint density at radius 3 is 2.66 bits per heavy atom. The van der Waals surface area contributed by atoms with Crippen LogP contribution in [-0.4, -0.2) is 32.1 Å². The average Bonchev–Trinajstić information content (AvgIpc) is 3.04. The molecule has 10 heteroatoms. The number of halogens is 1. The number of hydrogen-bond acceptors (Lipinski definition) is 6. The minimum atomic E-state index is -3.97. The molecule has 2 aromatic heterocycles. The van der Waals surface area contributed by atoms with Crippen molar-refractivity contribution >= 4 is 43.8 Å². The number of hydrogen-bond donors (Lipinski definition) is 1. The van der Waals surface area contributed by atoms with Crippen molar-refractivity contribution in [2.24, 2.45) is 5.10 Å². The molecule has 0 aliphatic heterocycles. The van der Waals surface area contributed by atoms with E-state index in [-0.39, 0.29) is 10.6 Å². The van der Waals surface area contributed by atoms with Gasteiger partial charge in [0.1, 0.15) is 18.1 Å². The van der Waals surface area contributed by atoms with E-state index in [4.69, 9.17) is 4.42 Å². The molecule has 0 aliphatic rings. The van der Waals surface area contributed by atoms with Crippen LogP contribution in [0.2, 0.25) is 0 Å². The number of hydrazone groups is 1. The zero-order valence-electron chi connectivity index (χ0n) is 15.3. The third-order valence-corrected chi connectivity index (χ3v) is 6.38. The van der Waals surface area contributed by atoms with Crippen LogP contribution < -0.4 is 9.73 Å². The second-order valence-electron chi connectivity index (χ2n) is 5.88. The van der Waals surface area contributed by atoms with Crippen molar-refractivity contribution in [2.75, 3.05) is 10.8 Å². The van der Waals surface area contributed by atoms with E-state index >= 15 is 0 Å². The van der Waals surface area contributed by atoms with E-state index in [0.29, 0.717) is 11.5 Å². The summed E-state index contributed by atoms with van der Waals surface area (Å²) in [5.41, 5.74) is 2.58. The molecule has 150 valence electrons. The first-order valence-corrected chi connectivity index (χ1v) is 10.7. The van der Waals surface area contributed by atoms with Crippen molar-refractivity contribution in [3.05, 3.63) is 76.9 Å². The van der Waals surface area contributed by atoms with E-state index in [1.165, 1.54) is 30.7 Å². The molecule has 0 unspecified atom stereocenters. The molecule has 0 saturated heterocycles. The fraction of sp³-hybridized carbons (Fsp3) is 0.105. The molecule has 0 bridgehead atoms. The van der Waals surface area contributed by atoms with Crippen LogP contribution in [0.1, 0.15) is 11.5 Å². The lowest BCUT2D eigenvalue weighted by Crippen LogP contribution is -2.39. The Morgan fingerprint density at radius 2 is 2.03 bits per heavy atom. The van der Waals surface area contributed by atoms with Crippen LogP contribution in [0.25, 0.3) is 0 Å². The highest BCUT2D eigenvalue weighted by Gasteiger charge is 2.27. The predicted octanol–water partition coefficient (Wildman–Crippen LogP) is 3.09. The Balaban J connectivity index is 1.79. The molecular weight excluding hydrogens is 460 g/mol. The first-order chi connectivity index (χ1) is 13.9. The fourth-order valence-electron chi connectivity index (χ4n) is 2.41. The third-order valence-electron chi connectivity index (χ3n) is 3.81. The summed E-state index contributed by atoms with van der Waals surface area (Å²) in [6, 6.07) is 12.7. The van der Waals surface area contributed by atoms with Gasteiger partial charge in [0.25, 0.3) is 15.9 Å². The number of carbonyl (C=O) groups is 1. The van der Waals surface area contributed by atoms with Gasteiger partial charge in [0, 0.05) is 12.3 Å². The Kier molecular flexibility index (Phi) is 6.45. The molecule has 3 rings (SSSR count). The molecule has 0 radical (unpaired) electrons. The van der Waals surface area contributed by atoms with E-state index in [2.05, 4.69) is 31.4 Å². The smallest absolute Gasteiger partial charge is 0.264 e. The van der Waals surface area contributed by atoms with Gasteiger partial charge in [0.15, 0.2) is 0 Å². The molecule has 1 aromatic carbocycles. The number of aromatic nitrogens is 1. The van der Waals surface area contributed by atoms with E-state index in [0.717, 1.165) is 8.78 Å². The van der Waals surface area contributed by atoms with Crippen molar-refractivity contribution in [1.29, 1.82) is 0 Å². The van der Waals surface area contributed by atoms with Crippen LogP contribution in [0.4, 0.5) is 5.69 Å². The predicted molar refractivity (Wildman–Crippen MR) is 112 cm³/mol. The van der Waals surface area contributed by atoms with Gasteiger partial charge in [-0.2, -0.15) is 5.10 Å². The molecule has 1 N–H and O–H groups in total. The number of carbonyl (C=O) groups excluding carboxylic acids is 1. The Morgan fingerprint density at radius 1 is 1.28 bits per heavy atom. The molecule has 8 nitrogen and oxygen atoms in total. The zero-order valence-corrected chi connectivity index (χ0v) is 17.7. The van der Waals surface area contributed by atoms with Gasteiger partial charge in [0.2, 0.25) is 0 Å².